The molecule has 0 radical (unpaired) electrons. The molecule has 0 amide bonds. The van der Waals surface area contributed by atoms with Gasteiger partial charge in [-0.3, -0.25) is 0 Å². The smallest absolute Gasteiger partial charge is 0.356 e. The van der Waals surface area contributed by atoms with E-state index in [-0.39, 0.29) is 17.4 Å². The molecule has 1 spiro atoms. The molecule has 1 aromatic carbocycles. The van der Waals surface area contributed by atoms with E-state index in [1.165, 1.54) is 25.2 Å². The average molecular weight is 568 g/mol. The van der Waals surface area contributed by atoms with Gasteiger partial charge in [0.1, 0.15) is 12.1 Å². The third-order valence-corrected chi connectivity index (χ3v) is 10.7. The van der Waals surface area contributed by atoms with E-state index in [0.29, 0.717) is 22.2 Å². The van der Waals surface area contributed by atoms with Crippen LogP contribution in [0.4, 0.5) is 19.0 Å². The minimum Gasteiger partial charge on any atom is -0.356 e. The average Bonchev–Trinajstić information content (AvgIpc) is 2.90. The monoisotopic (exact) mass is 567 g/mol. The SMILES string of the molecule is CCS(=O)(=O)N[C@H]1CC[C@H](CN2CCC3(CC2)CCN(c2ncnc4ccc(CC(F)(F)F)cc24)CC3)CC1. The van der Waals surface area contributed by atoms with E-state index >= 15 is 0 Å². The zero-order chi connectivity index (χ0) is 27.7. The maximum absolute atomic E-state index is 13.0. The molecule has 1 aliphatic carbocycles. The van der Waals surface area contributed by atoms with Gasteiger partial charge in [-0.25, -0.2) is 23.1 Å². The summed E-state index contributed by atoms with van der Waals surface area (Å²) >= 11 is 0. The van der Waals surface area contributed by atoms with Gasteiger partial charge in [-0.05, 0) is 100 Å². The Morgan fingerprint density at radius 3 is 2.31 bits per heavy atom. The number of piperidine rings is 2. The molecule has 2 saturated heterocycles. The lowest BCUT2D eigenvalue weighted by Gasteiger charge is -2.48. The molecule has 39 heavy (non-hydrogen) atoms. The lowest BCUT2D eigenvalue weighted by Crippen LogP contribution is -2.48. The highest BCUT2D eigenvalue weighted by Gasteiger charge is 2.39. The van der Waals surface area contributed by atoms with Gasteiger partial charge in [-0.15, -0.1) is 0 Å². The molecule has 5 rings (SSSR count). The summed E-state index contributed by atoms with van der Waals surface area (Å²) in [6.07, 6.45) is 4.79. The molecule has 7 nitrogen and oxygen atoms in total. The number of hydrogen-bond acceptors (Lipinski definition) is 6. The third-order valence-electron chi connectivity index (χ3n) is 9.21. The van der Waals surface area contributed by atoms with Crippen LogP contribution in [0.1, 0.15) is 63.9 Å². The first-order valence-electron chi connectivity index (χ1n) is 14.3. The van der Waals surface area contributed by atoms with E-state index in [4.69, 9.17) is 0 Å². The van der Waals surface area contributed by atoms with Crippen molar-refractivity contribution >= 4 is 26.7 Å². The van der Waals surface area contributed by atoms with Gasteiger partial charge in [-0.2, -0.15) is 13.2 Å². The number of sulfonamides is 1. The van der Waals surface area contributed by atoms with Crippen molar-refractivity contribution in [3.8, 4) is 0 Å². The Balaban J connectivity index is 1.12. The van der Waals surface area contributed by atoms with Crippen LogP contribution in [0.2, 0.25) is 0 Å². The van der Waals surface area contributed by atoms with Crippen molar-refractivity contribution in [1.82, 2.24) is 19.6 Å². The molecule has 1 saturated carbocycles. The molecule has 2 aromatic rings. The Kier molecular flexibility index (Phi) is 8.41. The van der Waals surface area contributed by atoms with Crippen molar-refractivity contribution < 1.29 is 21.6 Å². The van der Waals surface area contributed by atoms with Crippen LogP contribution in [-0.2, 0) is 16.4 Å². The van der Waals surface area contributed by atoms with Gasteiger partial charge in [-0.1, -0.05) is 6.07 Å². The first kappa shape index (κ1) is 28.5. The standard InChI is InChI=1S/C28H40F3N5O2S/c1-2-39(37,38)34-23-6-3-21(4-7-23)19-35-13-9-27(10-14-35)11-15-36(16-12-27)26-24-17-22(18-28(29,30)31)5-8-25(24)32-20-33-26/h5,8,17,20-21,23,34H,2-4,6-7,9-16,18-19H2,1H3/t21-,23-. The summed E-state index contributed by atoms with van der Waals surface area (Å²) in [6.45, 7) is 6.68. The van der Waals surface area contributed by atoms with Crippen molar-refractivity contribution in [1.29, 1.82) is 0 Å². The summed E-state index contributed by atoms with van der Waals surface area (Å²) in [4.78, 5) is 13.6. The number of anilines is 1. The highest BCUT2D eigenvalue weighted by molar-refractivity contribution is 7.89. The normalized spacial score (nSPS) is 24.9. The number of fused-ring (bicyclic) bond motifs is 1. The summed E-state index contributed by atoms with van der Waals surface area (Å²) in [5.41, 5.74) is 1.24. The van der Waals surface area contributed by atoms with E-state index in [0.717, 1.165) is 77.1 Å². The number of nitrogens with zero attached hydrogens (tertiary/aromatic N) is 4. The van der Waals surface area contributed by atoms with Gasteiger partial charge < -0.3 is 9.80 Å². The zero-order valence-electron chi connectivity index (χ0n) is 22.7. The van der Waals surface area contributed by atoms with Gasteiger partial charge in [0.05, 0.1) is 17.7 Å². The zero-order valence-corrected chi connectivity index (χ0v) is 23.5. The van der Waals surface area contributed by atoms with Crippen molar-refractivity contribution in [3.05, 3.63) is 30.1 Å². The van der Waals surface area contributed by atoms with Crippen molar-refractivity contribution in [2.24, 2.45) is 11.3 Å². The number of hydrogen-bond donors (Lipinski definition) is 1. The number of alkyl halides is 3. The first-order chi connectivity index (χ1) is 18.5. The molecule has 3 aliphatic rings. The quantitative estimate of drug-likeness (QED) is 0.512. The molecular weight excluding hydrogens is 527 g/mol. The van der Waals surface area contributed by atoms with E-state index in [2.05, 4.69) is 24.5 Å². The Bertz CT molecular complexity index is 1230. The Hall–Kier alpha value is -1.98. The molecule has 0 atom stereocenters. The minimum atomic E-state index is -4.25. The number of benzene rings is 1. The number of halogens is 3. The van der Waals surface area contributed by atoms with Gasteiger partial charge in [0.15, 0.2) is 0 Å². The van der Waals surface area contributed by atoms with Crippen LogP contribution in [-0.4, -0.2) is 74.0 Å². The fourth-order valence-corrected chi connectivity index (χ4v) is 7.66. The minimum absolute atomic E-state index is 0.0873. The van der Waals surface area contributed by atoms with Crippen LogP contribution in [0.5, 0.6) is 0 Å². The summed E-state index contributed by atoms with van der Waals surface area (Å²) in [6, 6.07) is 4.86. The summed E-state index contributed by atoms with van der Waals surface area (Å²) in [5.74, 6) is 1.52. The molecule has 11 heteroatoms. The number of aromatic nitrogens is 2. The summed E-state index contributed by atoms with van der Waals surface area (Å²) in [7, 11) is -3.13. The largest absolute Gasteiger partial charge is 0.393 e. The number of nitrogens with one attached hydrogen (secondary N) is 1. The lowest BCUT2D eigenvalue weighted by atomic mass is 9.71. The van der Waals surface area contributed by atoms with Crippen LogP contribution < -0.4 is 9.62 Å². The highest BCUT2D eigenvalue weighted by Crippen LogP contribution is 2.43. The first-order valence-corrected chi connectivity index (χ1v) is 16.0. The predicted octanol–water partition coefficient (Wildman–Crippen LogP) is 4.92. The topological polar surface area (TPSA) is 78.4 Å². The molecule has 216 valence electrons. The van der Waals surface area contributed by atoms with Crippen LogP contribution in [0.25, 0.3) is 10.9 Å². The fraction of sp³-hybridized carbons (Fsp3) is 0.714. The van der Waals surface area contributed by atoms with Crippen molar-refractivity contribution in [2.45, 2.75) is 76.9 Å². The van der Waals surface area contributed by atoms with Crippen LogP contribution in [0, 0.1) is 11.3 Å². The van der Waals surface area contributed by atoms with Crippen LogP contribution in [0.15, 0.2) is 24.5 Å². The fourth-order valence-electron chi connectivity index (χ4n) is 6.75. The van der Waals surface area contributed by atoms with Crippen molar-refractivity contribution in [2.75, 3.05) is 43.4 Å². The maximum atomic E-state index is 13.0. The second kappa shape index (κ2) is 11.5. The molecule has 0 unspecified atom stereocenters. The summed E-state index contributed by atoms with van der Waals surface area (Å²) < 4.78 is 65.5. The van der Waals surface area contributed by atoms with Gasteiger partial charge in [0, 0.05) is 31.1 Å². The second-order valence-corrected chi connectivity index (χ2v) is 13.9. The predicted molar refractivity (Wildman–Crippen MR) is 147 cm³/mol. The molecule has 2 aliphatic heterocycles. The Morgan fingerprint density at radius 2 is 1.67 bits per heavy atom. The van der Waals surface area contributed by atoms with E-state index < -0.39 is 22.6 Å². The molecule has 3 heterocycles. The molecule has 0 bridgehead atoms. The molecular formula is C28H40F3N5O2S. The van der Waals surface area contributed by atoms with E-state index in [1.807, 2.05) is 0 Å². The number of rotatable bonds is 7. The van der Waals surface area contributed by atoms with Gasteiger partial charge in [0.25, 0.3) is 0 Å². The number of likely N-dealkylation sites (tertiary alicyclic amines) is 1. The van der Waals surface area contributed by atoms with Crippen LogP contribution >= 0.6 is 0 Å². The van der Waals surface area contributed by atoms with Crippen LogP contribution in [0.3, 0.4) is 0 Å². The molecule has 1 aromatic heterocycles. The van der Waals surface area contributed by atoms with E-state index in [9.17, 15) is 21.6 Å². The maximum Gasteiger partial charge on any atom is 0.393 e. The highest BCUT2D eigenvalue weighted by atomic mass is 32.2. The lowest BCUT2D eigenvalue weighted by molar-refractivity contribution is -0.127. The Morgan fingerprint density at radius 1 is 1.00 bits per heavy atom. The Labute approximate surface area is 229 Å². The van der Waals surface area contributed by atoms with E-state index in [1.54, 1.807) is 19.1 Å². The van der Waals surface area contributed by atoms with Gasteiger partial charge in [0.2, 0.25) is 10.0 Å². The summed E-state index contributed by atoms with van der Waals surface area (Å²) in [5, 5.41) is 0.697. The third kappa shape index (κ3) is 7.21. The molecule has 3 fully saturated rings. The van der Waals surface area contributed by atoms with Crippen molar-refractivity contribution in [3.63, 3.8) is 0 Å². The molecule has 1 N–H and O–H groups in total. The second-order valence-electron chi connectivity index (χ2n) is 11.9. The van der Waals surface area contributed by atoms with Gasteiger partial charge >= 0.3 is 6.18 Å².